The van der Waals surface area contributed by atoms with E-state index < -0.39 is 0 Å². The largest absolute Gasteiger partial charge is 0.486 e. The molecule has 4 nitrogen and oxygen atoms in total. The second-order valence-electron chi connectivity index (χ2n) is 5.44. The lowest BCUT2D eigenvalue weighted by Crippen LogP contribution is -2.30. The molecule has 3 rings (SSSR count). The number of aliphatic hydroxyl groups excluding tert-OH is 1. The monoisotopic (exact) mass is 263 g/mol. The lowest BCUT2D eigenvalue weighted by atomic mass is 10.1. The average molecular weight is 263 g/mol. The quantitative estimate of drug-likeness (QED) is 0.851. The van der Waals surface area contributed by atoms with E-state index in [0.29, 0.717) is 25.7 Å². The third kappa shape index (κ3) is 3.01. The van der Waals surface area contributed by atoms with Crippen molar-refractivity contribution in [3.8, 4) is 11.5 Å². The first-order valence-corrected chi connectivity index (χ1v) is 7.05. The molecule has 2 aliphatic rings. The van der Waals surface area contributed by atoms with Gasteiger partial charge in [0.05, 0.1) is 6.10 Å². The van der Waals surface area contributed by atoms with Crippen LogP contribution in [0.1, 0.15) is 31.4 Å². The van der Waals surface area contributed by atoms with Gasteiger partial charge in [0.2, 0.25) is 0 Å². The predicted molar refractivity (Wildman–Crippen MR) is 72.6 cm³/mol. The molecule has 0 spiro atoms. The third-order valence-electron chi connectivity index (χ3n) is 3.87. The molecule has 1 fully saturated rings. The number of nitrogens with one attached hydrogen (secondary N) is 1. The molecule has 4 heteroatoms. The van der Waals surface area contributed by atoms with Crippen molar-refractivity contribution in [3.05, 3.63) is 23.8 Å². The third-order valence-corrected chi connectivity index (χ3v) is 3.87. The molecule has 2 N–H and O–H groups in total. The highest BCUT2D eigenvalue weighted by atomic mass is 16.6. The molecule has 1 saturated carbocycles. The van der Waals surface area contributed by atoms with Gasteiger partial charge in [0.1, 0.15) is 13.2 Å². The maximum Gasteiger partial charge on any atom is 0.161 e. The van der Waals surface area contributed by atoms with Crippen LogP contribution in [-0.2, 0) is 0 Å². The molecular weight excluding hydrogens is 242 g/mol. The van der Waals surface area contributed by atoms with Crippen molar-refractivity contribution in [2.75, 3.05) is 19.8 Å². The molecule has 19 heavy (non-hydrogen) atoms. The molecule has 0 bridgehead atoms. The Kier molecular flexibility index (Phi) is 3.62. The molecule has 0 aromatic heterocycles. The van der Waals surface area contributed by atoms with Gasteiger partial charge in [0.15, 0.2) is 11.5 Å². The van der Waals surface area contributed by atoms with Crippen LogP contribution < -0.4 is 14.8 Å². The summed E-state index contributed by atoms with van der Waals surface area (Å²) >= 11 is 0. The Hall–Kier alpha value is -1.26. The molecule has 0 radical (unpaired) electrons. The summed E-state index contributed by atoms with van der Waals surface area (Å²) in [4.78, 5) is 0. The number of hydrogen-bond donors (Lipinski definition) is 2. The van der Waals surface area contributed by atoms with Gasteiger partial charge in [-0.05, 0) is 43.4 Å². The van der Waals surface area contributed by atoms with Gasteiger partial charge in [-0.1, -0.05) is 6.07 Å². The van der Waals surface area contributed by atoms with Crippen molar-refractivity contribution in [3.63, 3.8) is 0 Å². The molecule has 1 aromatic rings. The maximum atomic E-state index is 9.87. The van der Waals surface area contributed by atoms with E-state index >= 15 is 0 Å². The number of hydrogen-bond acceptors (Lipinski definition) is 4. The van der Waals surface area contributed by atoms with Crippen LogP contribution >= 0.6 is 0 Å². The van der Waals surface area contributed by atoms with Crippen molar-refractivity contribution in [1.82, 2.24) is 5.32 Å². The van der Waals surface area contributed by atoms with Crippen LogP contribution in [0.25, 0.3) is 0 Å². The van der Waals surface area contributed by atoms with Gasteiger partial charge < -0.3 is 19.9 Å². The zero-order valence-electron chi connectivity index (χ0n) is 11.3. The van der Waals surface area contributed by atoms with Crippen molar-refractivity contribution in [2.24, 2.45) is 5.92 Å². The summed E-state index contributed by atoms with van der Waals surface area (Å²) in [5, 5.41) is 13.3. The normalized spacial score (nSPS) is 20.9. The molecule has 2 atom stereocenters. The number of benzene rings is 1. The van der Waals surface area contributed by atoms with E-state index in [1.165, 1.54) is 12.8 Å². The Labute approximate surface area is 113 Å². The summed E-state index contributed by atoms with van der Waals surface area (Å²) in [6.45, 7) is 3.98. The Morgan fingerprint density at radius 2 is 2.00 bits per heavy atom. The van der Waals surface area contributed by atoms with Crippen molar-refractivity contribution >= 4 is 0 Å². The van der Waals surface area contributed by atoms with E-state index in [9.17, 15) is 5.11 Å². The van der Waals surface area contributed by atoms with Gasteiger partial charge in [0.25, 0.3) is 0 Å². The fourth-order valence-corrected chi connectivity index (χ4v) is 2.39. The molecular formula is C15H21NO3. The minimum Gasteiger partial charge on any atom is -0.486 e. The highest BCUT2D eigenvalue weighted by Gasteiger charge is 2.29. The number of fused-ring (bicyclic) bond motifs is 1. The number of rotatable bonds is 5. The van der Waals surface area contributed by atoms with Gasteiger partial charge in [-0.15, -0.1) is 0 Å². The fourth-order valence-electron chi connectivity index (χ4n) is 2.39. The topological polar surface area (TPSA) is 50.7 Å². The van der Waals surface area contributed by atoms with Gasteiger partial charge in [0, 0.05) is 12.6 Å². The van der Waals surface area contributed by atoms with Crippen LogP contribution in [0, 0.1) is 5.92 Å². The van der Waals surface area contributed by atoms with E-state index in [1.807, 2.05) is 12.1 Å². The molecule has 104 valence electrons. The van der Waals surface area contributed by atoms with Crippen LogP contribution in [0.5, 0.6) is 11.5 Å². The molecule has 2 unspecified atom stereocenters. The minimum atomic E-state index is -0.209. The molecule has 1 aliphatic heterocycles. The second-order valence-corrected chi connectivity index (χ2v) is 5.44. The molecule has 0 saturated heterocycles. The second kappa shape index (κ2) is 5.39. The van der Waals surface area contributed by atoms with E-state index in [-0.39, 0.29) is 12.1 Å². The van der Waals surface area contributed by atoms with E-state index in [2.05, 4.69) is 18.3 Å². The number of ether oxygens (including phenoxy) is 2. The standard InChI is InChI=1S/C15H21NO3/c1-10(16-9-13(17)11-2-3-11)12-4-5-14-15(8-12)19-7-6-18-14/h4-5,8,10-11,13,16-17H,2-3,6-7,9H2,1H3. The van der Waals surface area contributed by atoms with Crippen molar-refractivity contribution < 1.29 is 14.6 Å². The Morgan fingerprint density at radius 1 is 1.26 bits per heavy atom. The van der Waals surface area contributed by atoms with Gasteiger partial charge in [-0.2, -0.15) is 0 Å². The van der Waals surface area contributed by atoms with Crippen LogP contribution in [0.3, 0.4) is 0 Å². The number of aliphatic hydroxyl groups is 1. The Morgan fingerprint density at radius 3 is 2.74 bits per heavy atom. The zero-order valence-corrected chi connectivity index (χ0v) is 11.3. The van der Waals surface area contributed by atoms with E-state index in [1.54, 1.807) is 0 Å². The first-order chi connectivity index (χ1) is 9.24. The summed E-state index contributed by atoms with van der Waals surface area (Å²) in [6, 6.07) is 6.23. The molecule has 1 heterocycles. The summed E-state index contributed by atoms with van der Waals surface area (Å²) in [5.74, 6) is 2.15. The lowest BCUT2D eigenvalue weighted by molar-refractivity contribution is 0.145. The molecule has 1 aliphatic carbocycles. The smallest absolute Gasteiger partial charge is 0.161 e. The van der Waals surface area contributed by atoms with Gasteiger partial charge >= 0.3 is 0 Å². The SMILES string of the molecule is CC(NCC(O)C1CC1)c1ccc2c(c1)OCCO2. The summed E-state index contributed by atoms with van der Waals surface area (Å²) in [5.41, 5.74) is 1.16. The van der Waals surface area contributed by atoms with Crippen LogP contribution in [0.2, 0.25) is 0 Å². The summed E-state index contributed by atoms with van der Waals surface area (Å²) < 4.78 is 11.1. The average Bonchev–Trinajstić information content (AvgIpc) is 3.28. The van der Waals surface area contributed by atoms with E-state index in [4.69, 9.17) is 9.47 Å². The zero-order chi connectivity index (χ0) is 13.2. The first kappa shape index (κ1) is 12.8. The van der Waals surface area contributed by atoms with Crippen LogP contribution in [0.4, 0.5) is 0 Å². The van der Waals surface area contributed by atoms with Crippen LogP contribution in [-0.4, -0.2) is 31.0 Å². The highest BCUT2D eigenvalue weighted by Crippen LogP contribution is 2.34. The van der Waals surface area contributed by atoms with Gasteiger partial charge in [-0.3, -0.25) is 0 Å². The summed E-state index contributed by atoms with van der Waals surface area (Å²) in [6.07, 6.45) is 2.13. The maximum absolute atomic E-state index is 9.87. The lowest BCUT2D eigenvalue weighted by Gasteiger charge is -2.21. The summed E-state index contributed by atoms with van der Waals surface area (Å²) in [7, 11) is 0. The predicted octanol–water partition coefficient (Wildman–Crippen LogP) is 1.88. The molecule has 1 aromatic carbocycles. The fraction of sp³-hybridized carbons (Fsp3) is 0.600. The Balaban J connectivity index is 1.60. The molecule has 0 amide bonds. The first-order valence-electron chi connectivity index (χ1n) is 7.05. The van der Waals surface area contributed by atoms with Gasteiger partial charge in [-0.25, -0.2) is 0 Å². The highest BCUT2D eigenvalue weighted by molar-refractivity contribution is 5.44. The minimum absolute atomic E-state index is 0.198. The van der Waals surface area contributed by atoms with E-state index in [0.717, 1.165) is 17.1 Å². The van der Waals surface area contributed by atoms with Crippen LogP contribution in [0.15, 0.2) is 18.2 Å². The van der Waals surface area contributed by atoms with Crippen molar-refractivity contribution in [2.45, 2.75) is 31.9 Å². The van der Waals surface area contributed by atoms with Crippen molar-refractivity contribution in [1.29, 1.82) is 0 Å². The Bertz CT molecular complexity index is 445.